The second-order valence-corrected chi connectivity index (χ2v) is 6.15. The lowest BCUT2D eigenvalue weighted by atomic mass is 9.97. The molecule has 0 radical (unpaired) electrons. The molecule has 1 heterocycles. The summed E-state index contributed by atoms with van der Waals surface area (Å²) < 4.78 is 11.3. The maximum absolute atomic E-state index is 11.9. The van der Waals surface area contributed by atoms with Gasteiger partial charge in [-0.3, -0.25) is 9.69 Å². The van der Waals surface area contributed by atoms with Crippen molar-refractivity contribution in [2.75, 3.05) is 26.8 Å². The molecule has 0 spiro atoms. The summed E-state index contributed by atoms with van der Waals surface area (Å²) in [5, 5.41) is 0. The minimum absolute atomic E-state index is 0.0142. The van der Waals surface area contributed by atoms with Gasteiger partial charge in [0.2, 0.25) is 0 Å². The molecule has 4 nitrogen and oxygen atoms in total. The third kappa shape index (κ3) is 4.45. The number of rotatable bonds is 5. The van der Waals surface area contributed by atoms with Crippen molar-refractivity contribution < 1.29 is 14.3 Å². The zero-order valence-corrected chi connectivity index (χ0v) is 14.2. The van der Waals surface area contributed by atoms with E-state index in [-0.39, 0.29) is 11.9 Å². The Balaban J connectivity index is 1.96. The van der Waals surface area contributed by atoms with E-state index in [2.05, 4.69) is 33.0 Å². The van der Waals surface area contributed by atoms with E-state index >= 15 is 0 Å². The number of esters is 1. The van der Waals surface area contributed by atoms with Crippen LogP contribution < -0.4 is 4.74 Å². The van der Waals surface area contributed by atoms with Crippen molar-refractivity contribution >= 4 is 21.9 Å². The largest absolute Gasteiger partial charge is 0.496 e. The zero-order valence-electron chi connectivity index (χ0n) is 12.6. The maximum atomic E-state index is 11.9. The molecule has 0 bridgehead atoms. The molecule has 0 amide bonds. The number of carbonyl (C=O) groups excluding carboxylic acids is 1. The number of carbonyl (C=O) groups is 1. The van der Waals surface area contributed by atoms with E-state index in [0.29, 0.717) is 6.61 Å². The predicted molar refractivity (Wildman–Crippen MR) is 85.3 cm³/mol. The summed E-state index contributed by atoms with van der Waals surface area (Å²) in [6.45, 7) is 4.97. The quantitative estimate of drug-likeness (QED) is 0.760. The summed E-state index contributed by atoms with van der Waals surface area (Å²) in [4.78, 5) is 14.2. The minimum Gasteiger partial charge on any atom is -0.496 e. The van der Waals surface area contributed by atoms with Crippen LogP contribution in [0, 0.1) is 5.92 Å². The van der Waals surface area contributed by atoms with Crippen LogP contribution >= 0.6 is 15.9 Å². The molecule has 116 valence electrons. The number of hydrogen-bond acceptors (Lipinski definition) is 4. The Morgan fingerprint density at radius 2 is 2.29 bits per heavy atom. The van der Waals surface area contributed by atoms with Crippen LogP contribution in [0.2, 0.25) is 0 Å². The van der Waals surface area contributed by atoms with Crippen LogP contribution in [0.15, 0.2) is 22.7 Å². The third-order valence-electron chi connectivity index (χ3n) is 3.75. The smallest absolute Gasteiger partial charge is 0.310 e. The summed E-state index contributed by atoms with van der Waals surface area (Å²) in [7, 11) is 1.66. The molecule has 1 saturated heterocycles. The summed E-state index contributed by atoms with van der Waals surface area (Å²) in [5.41, 5.74) is 1.21. The number of likely N-dealkylation sites (tertiary alicyclic amines) is 1. The number of nitrogens with zero attached hydrogens (tertiary/aromatic N) is 1. The van der Waals surface area contributed by atoms with Crippen molar-refractivity contribution in [3.8, 4) is 5.75 Å². The second kappa shape index (κ2) is 7.80. The average molecular weight is 356 g/mol. The van der Waals surface area contributed by atoms with Gasteiger partial charge < -0.3 is 9.47 Å². The van der Waals surface area contributed by atoms with Gasteiger partial charge in [0.1, 0.15) is 5.75 Å². The van der Waals surface area contributed by atoms with Gasteiger partial charge in [-0.25, -0.2) is 0 Å². The first kappa shape index (κ1) is 16.3. The molecule has 1 aromatic carbocycles. The molecule has 1 aliphatic rings. The van der Waals surface area contributed by atoms with Crippen LogP contribution in [-0.2, 0) is 16.1 Å². The fraction of sp³-hybridized carbons (Fsp3) is 0.562. The fourth-order valence-electron chi connectivity index (χ4n) is 2.72. The SMILES string of the molecule is CCOC(=O)C1CCCN(Cc2ccc(OC)c(Br)c2)C1. The predicted octanol–water partition coefficient (Wildman–Crippen LogP) is 3.23. The van der Waals surface area contributed by atoms with E-state index in [9.17, 15) is 4.79 Å². The molecular formula is C16H22BrNO3. The van der Waals surface area contributed by atoms with Gasteiger partial charge in [-0.15, -0.1) is 0 Å². The summed E-state index contributed by atoms with van der Waals surface area (Å²) in [5.74, 6) is 0.792. The highest BCUT2D eigenvalue weighted by atomic mass is 79.9. The molecule has 0 aliphatic carbocycles. The molecule has 2 rings (SSSR count). The lowest BCUT2D eigenvalue weighted by Gasteiger charge is -2.31. The van der Waals surface area contributed by atoms with Gasteiger partial charge in [-0.1, -0.05) is 6.07 Å². The number of hydrogen-bond donors (Lipinski definition) is 0. The van der Waals surface area contributed by atoms with Crippen molar-refractivity contribution in [1.29, 1.82) is 0 Å². The van der Waals surface area contributed by atoms with Crippen LogP contribution in [-0.4, -0.2) is 37.7 Å². The van der Waals surface area contributed by atoms with Gasteiger partial charge in [0.05, 0.1) is 24.1 Å². The normalized spacial score (nSPS) is 19.3. The summed E-state index contributed by atoms with van der Waals surface area (Å²) in [6.07, 6.45) is 1.97. The van der Waals surface area contributed by atoms with Crippen LogP contribution in [0.1, 0.15) is 25.3 Å². The molecule has 1 aliphatic heterocycles. The number of benzene rings is 1. The number of methoxy groups -OCH3 is 1. The van der Waals surface area contributed by atoms with E-state index in [1.807, 2.05) is 13.0 Å². The molecule has 0 aromatic heterocycles. The van der Waals surface area contributed by atoms with Gasteiger partial charge in [0.15, 0.2) is 0 Å². The molecule has 21 heavy (non-hydrogen) atoms. The molecule has 1 unspecified atom stereocenters. The first-order valence-electron chi connectivity index (χ1n) is 7.35. The Bertz CT molecular complexity index is 492. The van der Waals surface area contributed by atoms with Crippen LogP contribution in [0.4, 0.5) is 0 Å². The van der Waals surface area contributed by atoms with Crippen LogP contribution in [0.25, 0.3) is 0 Å². The van der Waals surface area contributed by atoms with Gasteiger partial charge in [-0.2, -0.15) is 0 Å². The first-order valence-corrected chi connectivity index (χ1v) is 8.14. The highest BCUT2D eigenvalue weighted by molar-refractivity contribution is 9.10. The minimum atomic E-state index is -0.0573. The van der Waals surface area contributed by atoms with Gasteiger partial charge in [0, 0.05) is 13.1 Å². The zero-order chi connectivity index (χ0) is 15.2. The molecule has 5 heteroatoms. The standard InChI is InChI=1S/C16H22BrNO3/c1-3-21-16(19)13-5-4-8-18(11-13)10-12-6-7-15(20-2)14(17)9-12/h6-7,9,13H,3-5,8,10-11H2,1-2H3. The first-order chi connectivity index (χ1) is 10.1. The monoisotopic (exact) mass is 355 g/mol. The molecule has 1 aromatic rings. The number of ether oxygens (including phenoxy) is 2. The molecule has 1 fully saturated rings. The Morgan fingerprint density at radius 1 is 1.48 bits per heavy atom. The average Bonchev–Trinajstić information content (AvgIpc) is 2.48. The Kier molecular flexibility index (Phi) is 6.06. The number of halogens is 1. The van der Waals surface area contributed by atoms with Crippen molar-refractivity contribution in [2.24, 2.45) is 5.92 Å². The summed E-state index contributed by atoms with van der Waals surface area (Å²) >= 11 is 3.51. The van der Waals surface area contributed by atoms with Crippen molar-refractivity contribution in [3.63, 3.8) is 0 Å². The second-order valence-electron chi connectivity index (χ2n) is 5.30. The van der Waals surface area contributed by atoms with Crippen molar-refractivity contribution in [2.45, 2.75) is 26.3 Å². The molecule has 1 atom stereocenters. The van der Waals surface area contributed by atoms with Crippen molar-refractivity contribution in [1.82, 2.24) is 4.90 Å². The van der Waals surface area contributed by atoms with E-state index in [1.165, 1.54) is 5.56 Å². The summed E-state index contributed by atoms with van der Waals surface area (Å²) in [6, 6.07) is 6.11. The Labute approximate surface area is 134 Å². The van der Waals surface area contributed by atoms with Crippen LogP contribution in [0.5, 0.6) is 5.75 Å². The number of piperidine rings is 1. The molecular weight excluding hydrogens is 334 g/mol. The molecule has 0 saturated carbocycles. The third-order valence-corrected chi connectivity index (χ3v) is 4.37. The van der Waals surface area contributed by atoms with Gasteiger partial charge in [-0.05, 0) is 59.9 Å². The highest BCUT2D eigenvalue weighted by Gasteiger charge is 2.26. The lowest BCUT2D eigenvalue weighted by molar-refractivity contribution is -0.150. The Morgan fingerprint density at radius 3 is 2.95 bits per heavy atom. The highest BCUT2D eigenvalue weighted by Crippen LogP contribution is 2.27. The lowest BCUT2D eigenvalue weighted by Crippen LogP contribution is -2.38. The van der Waals surface area contributed by atoms with Crippen LogP contribution in [0.3, 0.4) is 0 Å². The van der Waals surface area contributed by atoms with Gasteiger partial charge >= 0.3 is 5.97 Å². The van der Waals surface area contributed by atoms with Gasteiger partial charge in [0.25, 0.3) is 0 Å². The topological polar surface area (TPSA) is 38.8 Å². The van der Waals surface area contributed by atoms with E-state index in [4.69, 9.17) is 9.47 Å². The van der Waals surface area contributed by atoms with E-state index < -0.39 is 0 Å². The van der Waals surface area contributed by atoms with E-state index in [1.54, 1.807) is 7.11 Å². The van der Waals surface area contributed by atoms with Crippen molar-refractivity contribution in [3.05, 3.63) is 28.2 Å². The maximum Gasteiger partial charge on any atom is 0.310 e. The Hall–Kier alpha value is -1.07. The van der Waals surface area contributed by atoms with E-state index in [0.717, 1.165) is 42.7 Å². The fourth-order valence-corrected chi connectivity index (χ4v) is 3.31. The molecule has 0 N–H and O–H groups in total.